The summed E-state index contributed by atoms with van der Waals surface area (Å²) in [5.74, 6) is 0. The number of nitrogens with one attached hydrogen (secondary N) is 1. The number of rotatable bonds is 4. The van der Waals surface area contributed by atoms with Crippen molar-refractivity contribution < 1.29 is 13.2 Å². The first-order valence-electron chi connectivity index (χ1n) is 6.36. The van der Waals surface area contributed by atoms with Gasteiger partial charge in [-0.25, -0.2) is 13.1 Å². The molecule has 108 valence electrons. The van der Waals surface area contributed by atoms with Gasteiger partial charge in [-0.15, -0.1) is 0 Å². The van der Waals surface area contributed by atoms with Gasteiger partial charge in [0, 0.05) is 18.6 Å². The number of ether oxygens (including phenoxy) is 1. The zero-order valence-electron chi connectivity index (χ0n) is 11.8. The van der Waals surface area contributed by atoms with Crippen molar-refractivity contribution in [1.82, 2.24) is 4.72 Å². The normalized spacial score (nSPS) is 24.7. The predicted octanol–water partition coefficient (Wildman–Crippen LogP) is 1.65. The molecule has 1 aromatic rings. The van der Waals surface area contributed by atoms with Crippen molar-refractivity contribution in [2.24, 2.45) is 5.41 Å². The molecule has 2 rings (SSSR count). The van der Waals surface area contributed by atoms with Crippen LogP contribution in [0.4, 0.5) is 0 Å². The van der Waals surface area contributed by atoms with E-state index in [-0.39, 0.29) is 22.5 Å². The minimum absolute atomic E-state index is 0.0659. The highest BCUT2D eigenvalue weighted by Crippen LogP contribution is 2.42. The lowest BCUT2D eigenvalue weighted by molar-refractivity contribution is -0.0908. The average molecular weight is 294 g/mol. The second-order valence-electron chi connectivity index (χ2n) is 5.59. The molecule has 20 heavy (non-hydrogen) atoms. The smallest absolute Gasteiger partial charge is 0.240 e. The maximum atomic E-state index is 12.3. The van der Waals surface area contributed by atoms with Crippen LogP contribution in [0.2, 0.25) is 0 Å². The first-order valence-corrected chi connectivity index (χ1v) is 7.85. The standard InChI is InChI=1S/C14H18N2O3S/c1-14(2)12(8-13(14)19-3)16-20(17,18)11-6-4-10(9-15)5-7-11/h4-7,12-13,16H,8H2,1-3H3. The van der Waals surface area contributed by atoms with Gasteiger partial charge in [0.25, 0.3) is 0 Å². The Bertz CT molecular complexity index is 629. The van der Waals surface area contributed by atoms with Crippen molar-refractivity contribution in [1.29, 1.82) is 5.26 Å². The van der Waals surface area contributed by atoms with E-state index in [0.717, 1.165) is 0 Å². The van der Waals surface area contributed by atoms with Gasteiger partial charge in [-0.1, -0.05) is 13.8 Å². The highest BCUT2D eigenvalue weighted by Gasteiger charge is 2.50. The Labute approximate surface area is 119 Å². The third-order valence-electron chi connectivity index (χ3n) is 4.05. The minimum Gasteiger partial charge on any atom is -0.381 e. The summed E-state index contributed by atoms with van der Waals surface area (Å²) in [6.45, 7) is 3.97. The topological polar surface area (TPSA) is 79.2 Å². The largest absolute Gasteiger partial charge is 0.381 e. The molecule has 2 atom stereocenters. The highest BCUT2D eigenvalue weighted by atomic mass is 32.2. The molecule has 5 nitrogen and oxygen atoms in total. The molecule has 0 aromatic heterocycles. The van der Waals surface area contributed by atoms with E-state index in [1.54, 1.807) is 7.11 Å². The SMILES string of the molecule is COC1CC(NS(=O)(=O)c2ccc(C#N)cc2)C1(C)C. The number of nitriles is 1. The van der Waals surface area contributed by atoms with Gasteiger partial charge in [-0.2, -0.15) is 5.26 Å². The lowest BCUT2D eigenvalue weighted by atomic mass is 9.65. The lowest BCUT2D eigenvalue weighted by Crippen LogP contribution is -2.61. The molecular formula is C14H18N2O3S. The monoisotopic (exact) mass is 294 g/mol. The summed E-state index contributed by atoms with van der Waals surface area (Å²) in [6.07, 6.45) is 0.732. The number of hydrogen-bond donors (Lipinski definition) is 1. The van der Waals surface area contributed by atoms with Crippen LogP contribution in [0, 0.1) is 16.7 Å². The maximum absolute atomic E-state index is 12.3. The van der Waals surface area contributed by atoms with Gasteiger partial charge in [0.15, 0.2) is 0 Å². The molecule has 1 aliphatic rings. The van der Waals surface area contributed by atoms with E-state index in [1.807, 2.05) is 19.9 Å². The quantitative estimate of drug-likeness (QED) is 0.915. The third-order valence-corrected chi connectivity index (χ3v) is 5.54. The van der Waals surface area contributed by atoms with E-state index in [4.69, 9.17) is 10.00 Å². The van der Waals surface area contributed by atoms with Crippen LogP contribution >= 0.6 is 0 Å². The molecule has 2 unspecified atom stereocenters. The van der Waals surface area contributed by atoms with E-state index in [2.05, 4.69) is 4.72 Å². The number of benzene rings is 1. The fraction of sp³-hybridized carbons (Fsp3) is 0.500. The molecule has 0 spiro atoms. The van der Waals surface area contributed by atoms with Gasteiger partial charge >= 0.3 is 0 Å². The lowest BCUT2D eigenvalue weighted by Gasteiger charge is -2.50. The molecule has 1 aromatic carbocycles. The summed E-state index contributed by atoms with van der Waals surface area (Å²) in [6, 6.07) is 7.70. The Balaban J connectivity index is 2.14. The Morgan fingerprint density at radius 1 is 1.35 bits per heavy atom. The summed E-state index contributed by atoms with van der Waals surface area (Å²) >= 11 is 0. The first kappa shape index (κ1) is 15.0. The Morgan fingerprint density at radius 2 is 1.95 bits per heavy atom. The molecule has 0 amide bonds. The molecule has 0 bridgehead atoms. The van der Waals surface area contributed by atoms with E-state index < -0.39 is 10.0 Å². The average Bonchev–Trinajstić information content (AvgIpc) is 2.43. The fourth-order valence-corrected chi connectivity index (χ4v) is 3.85. The number of methoxy groups -OCH3 is 1. The molecule has 6 heteroatoms. The van der Waals surface area contributed by atoms with Gasteiger partial charge in [-0.3, -0.25) is 0 Å². The van der Waals surface area contributed by atoms with Crippen LogP contribution < -0.4 is 4.72 Å². The number of sulfonamides is 1. The zero-order valence-corrected chi connectivity index (χ0v) is 12.6. The van der Waals surface area contributed by atoms with Gasteiger partial charge < -0.3 is 4.74 Å². The van der Waals surface area contributed by atoms with Crippen LogP contribution in [0.15, 0.2) is 29.2 Å². The first-order chi connectivity index (χ1) is 9.31. The molecule has 0 saturated heterocycles. The van der Waals surface area contributed by atoms with E-state index >= 15 is 0 Å². The third kappa shape index (κ3) is 2.57. The van der Waals surface area contributed by atoms with Gasteiger partial charge in [-0.05, 0) is 30.7 Å². The summed E-state index contributed by atoms with van der Waals surface area (Å²) in [7, 11) is -1.93. The van der Waals surface area contributed by atoms with E-state index in [1.165, 1.54) is 24.3 Å². The van der Waals surface area contributed by atoms with Crippen LogP contribution in [0.5, 0.6) is 0 Å². The highest BCUT2D eigenvalue weighted by molar-refractivity contribution is 7.89. The summed E-state index contributed by atoms with van der Waals surface area (Å²) in [5.41, 5.74) is 0.210. The van der Waals surface area contributed by atoms with Gasteiger partial charge in [0.2, 0.25) is 10.0 Å². The molecule has 1 aliphatic carbocycles. The van der Waals surface area contributed by atoms with Crippen LogP contribution in [0.1, 0.15) is 25.8 Å². The van der Waals surface area contributed by atoms with E-state index in [9.17, 15) is 8.42 Å². The van der Waals surface area contributed by atoms with Crippen molar-refractivity contribution in [3.63, 3.8) is 0 Å². The van der Waals surface area contributed by atoms with Crippen LogP contribution in [-0.2, 0) is 14.8 Å². The Hall–Kier alpha value is -1.42. The van der Waals surface area contributed by atoms with Crippen molar-refractivity contribution in [3.05, 3.63) is 29.8 Å². The summed E-state index contributed by atoms with van der Waals surface area (Å²) < 4.78 is 32.6. The molecule has 1 saturated carbocycles. The van der Waals surface area contributed by atoms with Crippen LogP contribution in [-0.4, -0.2) is 27.7 Å². The number of hydrogen-bond acceptors (Lipinski definition) is 4. The van der Waals surface area contributed by atoms with Gasteiger partial charge in [0.05, 0.1) is 22.6 Å². The van der Waals surface area contributed by atoms with Crippen molar-refractivity contribution in [2.45, 2.75) is 37.3 Å². The van der Waals surface area contributed by atoms with E-state index in [0.29, 0.717) is 12.0 Å². The fourth-order valence-electron chi connectivity index (χ4n) is 2.45. The second-order valence-corrected chi connectivity index (χ2v) is 7.31. The van der Waals surface area contributed by atoms with Crippen LogP contribution in [0.25, 0.3) is 0 Å². The van der Waals surface area contributed by atoms with Crippen molar-refractivity contribution in [2.75, 3.05) is 7.11 Å². The van der Waals surface area contributed by atoms with Gasteiger partial charge in [0.1, 0.15) is 0 Å². The zero-order chi connectivity index (χ0) is 15.0. The molecule has 0 heterocycles. The van der Waals surface area contributed by atoms with Crippen molar-refractivity contribution >= 4 is 10.0 Å². The number of nitrogens with zero attached hydrogens (tertiary/aromatic N) is 1. The predicted molar refractivity (Wildman–Crippen MR) is 74.5 cm³/mol. The Kier molecular flexibility index (Phi) is 3.87. The van der Waals surface area contributed by atoms with Crippen molar-refractivity contribution in [3.8, 4) is 6.07 Å². The molecule has 1 fully saturated rings. The molecular weight excluding hydrogens is 276 g/mol. The summed E-state index contributed by atoms with van der Waals surface area (Å²) in [4.78, 5) is 0.174. The molecule has 1 N–H and O–H groups in total. The Morgan fingerprint density at radius 3 is 2.40 bits per heavy atom. The maximum Gasteiger partial charge on any atom is 0.240 e. The molecule has 0 radical (unpaired) electrons. The minimum atomic E-state index is -3.56. The van der Waals surface area contributed by atoms with Crippen LogP contribution in [0.3, 0.4) is 0 Å². The molecule has 0 aliphatic heterocycles. The summed E-state index contributed by atoms with van der Waals surface area (Å²) in [5, 5.41) is 8.72. The second kappa shape index (κ2) is 5.17.